The van der Waals surface area contributed by atoms with Crippen LogP contribution >= 0.6 is 0 Å². The van der Waals surface area contributed by atoms with Crippen LogP contribution in [0.15, 0.2) is 30.3 Å². The van der Waals surface area contributed by atoms with Crippen LogP contribution in [0.25, 0.3) is 6.08 Å². The molecule has 0 spiro atoms. The summed E-state index contributed by atoms with van der Waals surface area (Å²) in [7, 11) is 1.30. The number of phenolic OH excluding ortho intramolecular Hbond substituents is 1. The van der Waals surface area contributed by atoms with Gasteiger partial charge in [-0.15, -0.1) is 0 Å². The molecular formula is C10H10O3. The van der Waals surface area contributed by atoms with Crippen LogP contribution < -0.4 is 0 Å². The highest BCUT2D eigenvalue weighted by molar-refractivity contribution is 5.87. The molecule has 1 aromatic carbocycles. The van der Waals surface area contributed by atoms with E-state index < -0.39 is 5.97 Å². The normalized spacial score (nSPS) is 10.2. The zero-order valence-corrected chi connectivity index (χ0v) is 7.23. The maximum absolute atomic E-state index is 10.7. The number of aromatic hydroxyl groups is 1. The highest BCUT2D eigenvalue weighted by Gasteiger charge is 1.95. The summed E-state index contributed by atoms with van der Waals surface area (Å²) < 4.78 is 4.40. The van der Waals surface area contributed by atoms with Gasteiger partial charge in [-0.1, -0.05) is 18.2 Å². The molecule has 0 unspecified atom stereocenters. The Bertz CT molecular complexity index is 329. The van der Waals surface area contributed by atoms with E-state index in [2.05, 4.69) is 4.74 Å². The van der Waals surface area contributed by atoms with E-state index in [1.807, 2.05) is 0 Å². The van der Waals surface area contributed by atoms with E-state index in [0.29, 0.717) is 5.56 Å². The van der Waals surface area contributed by atoms with E-state index in [1.54, 1.807) is 24.3 Å². The van der Waals surface area contributed by atoms with E-state index in [0.717, 1.165) is 0 Å². The van der Waals surface area contributed by atoms with Gasteiger partial charge >= 0.3 is 5.97 Å². The van der Waals surface area contributed by atoms with E-state index >= 15 is 0 Å². The van der Waals surface area contributed by atoms with E-state index in [-0.39, 0.29) is 5.75 Å². The molecule has 0 aliphatic heterocycles. The minimum atomic E-state index is -0.441. The SMILES string of the molecule is COC(=O)C=Cc1ccccc1O. The van der Waals surface area contributed by atoms with E-state index in [1.165, 1.54) is 19.3 Å². The molecule has 3 heteroatoms. The van der Waals surface area contributed by atoms with Crippen LogP contribution in [0.3, 0.4) is 0 Å². The lowest BCUT2D eigenvalue weighted by Gasteiger charge is -1.96. The van der Waals surface area contributed by atoms with E-state index in [4.69, 9.17) is 0 Å². The Labute approximate surface area is 76.3 Å². The summed E-state index contributed by atoms with van der Waals surface area (Å²) in [5.74, 6) is -0.300. The van der Waals surface area contributed by atoms with Crippen molar-refractivity contribution in [3.05, 3.63) is 35.9 Å². The molecule has 0 atom stereocenters. The maximum Gasteiger partial charge on any atom is 0.330 e. The van der Waals surface area contributed by atoms with Crippen molar-refractivity contribution in [3.8, 4) is 5.75 Å². The zero-order valence-electron chi connectivity index (χ0n) is 7.23. The molecule has 0 saturated carbocycles. The molecule has 68 valence electrons. The lowest BCUT2D eigenvalue weighted by atomic mass is 10.2. The van der Waals surface area contributed by atoms with E-state index in [9.17, 15) is 9.90 Å². The topological polar surface area (TPSA) is 46.5 Å². The number of hydrogen-bond acceptors (Lipinski definition) is 3. The third-order valence-electron chi connectivity index (χ3n) is 1.54. The van der Waals surface area contributed by atoms with Crippen molar-refractivity contribution in [2.75, 3.05) is 7.11 Å². The summed E-state index contributed by atoms with van der Waals surface area (Å²) in [5, 5.41) is 9.29. The standard InChI is InChI=1S/C10H10O3/c1-13-10(12)7-6-8-4-2-3-5-9(8)11/h2-7,11H,1H3. The number of rotatable bonds is 2. The molecule has 3 nitrogen and oxygen atoms in total. The van der Waals surface area contributed by atoms with Crippen LogP contribution in [0.1, 0.15) is 5.56 Å². The van der Waals surface area contributed by atoms with Crippen LogP contribution in [0, 0.1) is 0 Å². The smallest absolute Gasteiger partial charge is 0.330 e. The van der Waals surface area contributed by atoms with Crippen LogP contribution in [0.2, 0.25) is 0 Å². The Morgan fingerprint density at radius 2 is 2.15 bits per heavy atom. The number of carbonyl (C=O) groups is 1. The summed E-state index contributed by atoms with van der Waals surface area (Å²) in [6.45, 7) is 0. The molecule has 0 radical (unpaired) electrons. The van der Waals surface area contributed by atoms with Gasteiger partial charge < -0.3 is 9.84 Å². The van der Waals surface area contributed by atoms with Crippen LogP contribution in [-0.2, 0) is 9.53 Å². The number of hydrogen-bond donors (Lipinski definition) is 1. The Hall–Kier alpha value is -1.77. The van der Waals surface area contributed by atoms with Gasteiger partial charge in [-0.2, -0.15) is 0 Å². The van der Waals surface area contributed by atoms with Gasteiger partial charge in [-0.25, -0.2) is 4.79 Å². The molecule has 13 heavy (non-hydrogen) atoms. The Morgan fingerprint density at radius 3 is 2.77 bits per heavy atom. The Kier molecular flexibility index (Phi) is 3.09. The second-order valence-electron chi connectivity index (χ2n) is 2.42. The van der Waals surface area contributed by atoms with Crippen molar-refractivity contribution in [1.29, 1.82) is 0 Å². The Balaban J connectivity index is 2.80. The third-order valence-corrected chi connectivity index (χ3v) is 1.54. The lowest BCUT2D eigenvalue weighted by molar-refractivity contribution is -0.134. The molecule has 0 aliphatic carbocycles. The molecule has 0 fully saturated rings. The molecule has 1 rings (SSSR count). The third kappa shape index (κ3) is 2.63. The lowest BCUT2D eigenvalue weighted by Crippen LogP contribution is -1.93. The van der Waals surface area contributed by atoms with Crippen molar-refractivity contribution in [3.63, 3.8) is 0 Å². The number of ether oxygens (including phenoxy) is 1. The molecule has 0 heterocycles. The predicted octanol–water partition coefficient (Wildman–Crippen LogP) is 1.58. The van der Waals surface area contributed by atoms with Crippen LogP contribution in [0.4, 0.5) is 0 Å². The van der Waals surface area contributed by atoms with Crippen molar-refractivity contribution in [2.45, 2.75) is 0 Å². The fourth-order valence-corrected chi connectivity index (χ4v) is 0.854. The summed E-state index contributed by atoms with van der Waals surface area (Å²) in [5.41, 5.74) is 0.591. The first-order chi connectivity index (χ1) is 6.24. The number of benzene rings is 1. The molecule has 1 N–H and O–H groups in total. The summed E-state index contributed by atoms with van der Waals surface area (Å²) in [6, 6.07) is 6.74. The monoisotopic (exact) mass is 178 g/mol. The minimum Gasteiger partial charge on any atom is -0.507 e. The molecule has 1 aromatic rings. The van der Waals surface area contributed by atoms with Crippen molar-refractivity contribution in [1.82, 2.24) is 0 Å². The summed E-state index contributed by atoms with van der Waals surface area (Å²) in [6.07, 6.45) is 2.76. The highest BCUT2D eigenvalue weighted by Crippen LogP contribution is 2.16. The average Bonchev–Trinajstić information content (AvgIpc) is 2.16. The van der Waals surface area contributed by atoms with Gasteiger partial charge in [-0.05, 0) is 12.1 Å². The van der Waals surface area contributed by atoms with Crippen molar-refractivity contribution < 1.29 is 14.6 Å². The number of esters is 1. The quantitative estimate of drug-likeness (QED) is 0.552. The molecule has 0 bridgehead atoms. The average molecular weight is 178 g/mol. The van der Waals surface area contributed by atoms with Gasteiger partial charge in [-0.3, -0.25) is 0 Å². The number of methoxy groups -OCH3 is 1. The van der Waals surface area contributed by atoms with Gasteiger partial charge in [0.15, 0.2) is 0 Å². The molecule has 0 amide bonds. The fourth-order valence-electron chi connectivity index (χ4n) is 0.854. The fraction of sp³-hybridized carbons (Fsp3) is 0.100. The maximum atomic E-state index is 10.7. The second-order valence-corrected chi connectivity index (χ2v) is 2.42. The number of phenols is 1. The Morgan fingerprint density at radius 1 is 1.46 bits per heavy atom. The van der Waals surface area contributed by atoms with Gasteiger partial charge in [0.2, 0.25) is 0 Å². The van der Waals surface area contributed by atoms with Gasteiger partial charge in [0.1, 0.15) is 5.75 Å². The minimum absolute atomic E-state index is 0.141. The van der Waals surface area contributed by atoms with Gasteiger partial charge in [0.25, 0.3) is 0 Å². The first-order valence-electron chi connectivity index (χ1n) is 3.78. The highest BCUT2D eigenvalue weighted by atomic mass is 16.5. The molecule has 0 aliphatic rings. The largest absolute Gasteiger partial charge is 0.507 e. The first-order valence-corrected chi connectivity index (χ1v) is 3.78. The zero-order chi connectivity index (χ0) is 9.68. The summed E-state index contributed by atoms with van der Waals surface area (Å²) >= 11 is 0. The second kappa shape index (κ2) is 4.30. The van der Waals surface area contributed by atoms with Crippen molar-refractivity contribution in [2.24, 2.45) is 0 Å². The molecular weight excluding hydrogens is 168 g/mol. The number of para-hydroxylation sites is 1. The summed E-state index contributed by atoms with van der Waals surface area (Å²) in [4.78, 5) is 10.7. The molecule has 0 saturated heterocycles. The van der Waals surface area contributed by atoms with Gasteiger partial charge in [0.05, 0.1) is 7.11 Å². The van der Waals surface area contributed by atoms with Crippen LogP contribution in [0.5, 0.6) is 5.75 Å². The number of carbonyl (C=O) groups excluding carboxylic acids is 1. The first kappa shape index (κ1) is 9.32. The molecule has 0 aromatic heterocycles. The van der Waals surface area contributed by atoms with Crippen molar-refractivity contribution >= 4 is 12.0 Å². The van der Waals surface area contributed by atoms with Gasteiger partial charge in [0, 0.05) is 11.6 Å². The van der Waals surface area contributed by atoms with Crippen LogP contribution in [-0.4, -0.2) is 18.2 Å². The predicted molar refractivity (Wildman–Crippen MR) is 49.2 cm³/mol.